The van der Waals surface area contributed by atoms with E-state index >= 15 is 0 Å². The summed E-state index contributed by atoms with van der Waals surface area (Å²) in [5, 5.41) is 3.19. The smallest absolute Gasteiger partial charge is 0.233 e. The van der Waals surface area contributed by atoms with Gasteiger partial charge >= 0.3 is 0 Å². The lowest BCUT2D eigenvalue weighted by Gasteiger charge is -2.31. The monoisotopic (exact) mass is 367 g/mol. The van der Waals surface area contributed by atoms with E-state index in [1.54, 1.807) is 12.5 Å². The summed E-state index contributed by atoms with van der Waals surface area (Å²) in [6.45, 7) is 4.70. The number of carbonyl (C=O) groups is 1. The Morgan fingerprint density at radius 3 is 2.93 bits per heavy atom. The van der Waals surface area contributed by atoms with Gasteiger partial charge in [0, 0.05) is 24.5 Å². The van der Waals surface area contributed by atoms with Crippen LogP contribution in [0.25, 0.3) is 5.78 Å². The second-order valence-electron chi connectivity index (χ2n) is 7.09. The van der Waals surface area contributed by atoms with Crippen LogP contribution in [0.2, 0.25) is 0 Å². The molecule has 1 saturated heterocycles. The summed E-state index contributed by atoms with van der Waals surface area (Å²) < 4.78 is 7.30. The zero-order valence-corrected chi connectivity index (χ0v) is 15.5. The topological polar surface area (TPSA) is 75.7 Å². The van der Waals surface area contributed by atoms with E-state index in [4.69, 9.17) is 4.42 Å². The summed E-state index contributed by atoms with van der Waals surface area (Å²) in [6.07, 6.45) is 9.83. The van der Waals surface area contributed by atoms with Crippen LogP contribution in [-0.2, 0) is 11.3 Å². The second kappa shape index (κ2) is 7.92. The molecule has 7 nitrogen and oxygen atoms in total. The number of carbonyl (C=O) groups excluding carboxylic acids is 1. The quantitative estimate of drug-likeness (QED) is 0.725. The van der Waals surface area contributed by atoms with Crippen molar-refractivity contribution in [2.24, 2.45) is 5.92 Å². The molecule has 7 heteroatoms. The van der Waals surface area contributed by atoms with Gasteiger partial charge in [0.2, 0.25) is 11.7 Å². The largest absolute Gasteiger partial charge is 0.468 e. The number of furan rings is 1. The first-order chi connectivity index (χ1) is 13.2. The van der Waals surface area contributed by atoms with E-state index in [0.717, 1.165) is 50.4 Å². The zero-order valence-electron chi connectivity index (χ0n) is 15.5. The SMILES string of the molecule is CCC(NC(=O)C1CCN(Cc2ccco2)CC1)c1cn2cccnc2n1. The van der Waals surface area contributed by atoms with Crippen molar-refractivity contribution in [3.8, 4) is 0 Å². The molecule has 0 spiro atoms. The molecule has 27 heavy (non-hydrogen) atoms. The number of imidazole rings is 1. The molecule has 142 valence electrons. The van der Waals surface area contributed by atoms with Crippen LogP contribution in [0.5, 0.6) is 0 Å². The van der Waals surface area contributed by atoms with E-state index in [2.05, 4.69) is 27.1 Å². The summed E-state index contributed by atoms with van der Waals surface area (Å²) in [5.74, 6) is 1.82. The van der Waals surface area contributed by atoms with Crippen molar-refractivity contribution in [3.05, 3.63) is 54.5 Å². The van der Waals surface area contributed by atoms with Crippen LogP contribution < -0.4 is 5.32 Å². The minimum Gasteiger partial charge on any atom is -0.468 e. The van der Waals surface area contributed by atoms with Gasteiger partial charge in [-0.2, -0.15) is 0 Å². The molecule has 3 aromatic rings. The Hall–Kier alpha value is -2.67. The summed E-state index contributed by atoms with van der Waals surface area (Å²) in [7, 11) is 0. The first-order valence-corrected chi connectivity index (χ1v) is 9.57. The van der Waals surface area contributed by atoms with Crippen LogP contribution in [0.15, 0.2) is 47.5 Å². The Balaban J connectivity index is 1.34. The molecule has 1 N–H and O–H groups in total. The van der Waals surface area contributed by atoms with Gasteiger partial charge in [-0.05, 0) is 50.6 Å². The van der Waals surface area contributed by atoms with Crippen molar-refractivity contribution in [1.82, 2.24) is 24.6 Å². The number of amides is 1. The molecule has 0 aliphatic carbocycles. The van der Waals surface area contributed by atoms with Crippen LogP contribution >= 0.6 is 0 Å². The minimum atomic E-state index is -0.0830. The van der Waals surface area contributed by atoms with Gasteiger partial charge in [-0.3, -0.25) is 14.1 Å². The third-order valence-corrected chi connectivity index (χ3v) is 5.25. The number of nitrogens with zero attached hydrogens (tertiary/aromatic N) is 4. The third-order valence-electron chi connectivity index (χ3n) is 5.25. The summed E-state index contributed by atoms with van der Waals surface area (Å²) in [5.41, 5.74) is 0.861. The molecule has 4 rings (SSSR count). The van der Waals surface area contributed by atoms with E-state index in [1.165, 1.54) is 0 Å². The van der Waals surface area contributed by atoms with Crippen molar-refractivity contribution in [2.45, 2.75) is 38.8 Å². The number of likely N-dealkylation sites (tertiary alicyclic amines) is 1. The Labute approximate surface area is 158 Å². The fourth-order valence-electron chi connectivity index (χ4n) is 3.67. The highest BCUT2D eigenvalue weighted by atomic mass is 16.3. The molecule has 1 unspecified atom stereocenters. The molecule has 1 amide bonds. The van der Waals surface area contributed by atoms with Crippen LogP contribution in [0.3, 0.4) is 0 Å². The van der Waals surface area contributed by atoms with Crippen LogP contribution in [0.4, 0.5) is 0 Å². The highest BCUT2D eigenvalue weighted by molar-refractivity contribution is 5.79. The van der Waals surface area contributed by atoms with Gasteiger partial charge in [-0.25, -0.2) is 9.97 Å². The van der Waals surface area contributed by atoms with Crippen molar-refractivity contribution in [1.29, 1.82) is 0 Å². The highest BCUT2D eigenvalue weighted by Gasteiger charge is 2.27. The lowest BCUT2D eigenvalue weighted by molar-refractivity contribution is -0.127. The maximum Gasteiger partial charge on any atom is 0.233 e. The summed E-state index contributed by atoms with van der Waals surface area (Å²) in [4.78, 5) is 23.9. The van der Waals surface area contributed by atoms with Gasteiger partial charge in [0.1, 0.15) is 5.76 Å². The molecule has 3 aromatic heterocycles. The fourth-order valence-corrected chi connectivity index (χ4v) is 3.67. The van der Waals surface area contributed by atoms with E-state index < -0.39 is 0 Å². The van der Waals surface area contributed by atoms with E-state index in [0.29, 0.717) is 5.78 Å². The molecule has 0 radical (unpaired) electrons. The molecule has 0 aromatic carbocycles. The molecule has 1 aliphatic heterocycles. The Morgan fingerprint density at radius 2 is 2.22 bits per heavy atom. The average Bonchev–Trinajstić information content (AvgIpc) is 3.35. The van der Waals surface area contributed by atoms with Crippen molar-refractivity contribution >= 4 is 11.7 Å². The van der Waals surface area contributed by atoms with E-state index in [-0.39, 0.29) is 17.9 Å². The van der Waals surface area contributed by atoms with Crippen LogP contribution in [0.1, 0.15) is 43.7 Å². The zero-order chi connectivity index (χ0) is 18.6. The molecule has 0 saturated carbocycles. The van der Waals surface area contributed by atoms with Crippen LogP contribution in [-0.4, -0.2) is 38.3 Å². The highest BCUT2D eigenvalue weighted by Crippen LogP contribution is 2.22. The maximum atomic E-state index is 12.8. The molecule has 1 aliphatic rings. The molecule has 4 heterocycles. The molecule has 1 fully saturated rings. The predicted molar refractivity (Wildman–Crippen MR) is 101 cm³/mol. The number of fused-ring (bicyclic) bond motifs is 1. The Morgan fingerprint density at radius 1 is 1.37 bits per heavy atom. The molecule has 0 bridgehead atoms. The first-order valence-electron chi connectivity index (χ1n) is 9.57. The van der Waals surface area contributed by atoms with Gasteiger partial charge in [0.15, 0.2) is 0 Å². The lowest BCUT2D eigenvalue weighted by Crippen LogP contribution is -2.41. The van der Waals surface area contributed by atoms with E-state index in [9.17, 15) is 4.79 Å². The second-order valence-corrected chi connectivity index (χ2v) is 7.09. The van der Waals surface area contributed by atoms with Gasteiger partial charge in [-0.1, -0.05) is 6.92 Å². The molecular weight excluding hydrogens is 342 g/mol. The molecule has 1 atom stereocenters. The predicted octanol–water partition coefficient (Wildman–Crippen LogP) is 2.80. The number of piperidine rings is 1. The van der Waals surface area contributed by atoms with Gasteiger partial charge in [-0.15, -0.1) is 0 Å². The minimum absolute atomic E-state index is 0.0575. The summed E-state index contributed by atoms with van der Waals surface area (Å²) in [6, 6.07) is 5.69. The fraction of sp³-hybridized carbons (Fsp3) is 0.450. The summed E-state index contributed by atoms with van der Waals surface area (Å²) >= 11 is 0. The number of hydrogen-bond donors (Lipinski definition) is 1. The standard InChI is InChI=1S/C20H25N5O2/c1-2-17(18-14-25-9-4-8-21-20(25)23-18)22-19(26)15-6-10-24(11-7-15)13-16-5-3-12-27-16/h3-5,8-9,12,14-15,17H,2,6-7,10-11,13H2,1H3,(H,22,26). The first kappa shape index (κ1) is 17.7. The lowest BCUT2D eigenvalue weighted by atomic mass is 9.95. The van der Waals surface area contributed by atoms with Crippen molar-refractivity contribution in [3.63, 3.8) is 0 Å². The van der Waals surface area contributed by atoms with Crippen molar-refractivity contribution < 1.29 is 9.21 Å². The van der Waals surface area contributed by atoms with Gasteiger partial charge < -0.3 is 9.73 Å². The Bertz CT molecular complexity index is 848. The average molecular weight is 367 g/mol. The van der Waals surface area contributed by atoms with E-state index in [1.807, 2.05) is 35.0 Å². The number of aromatic nitrogens is 3. The number of nitrogens with one attached hydrogen (secondary N) is 1. The molecular formula is C20H25N5O2. The van der Waals surface area contributed by atoms with Gasteiger partial charge in [0.05, 0.1) is 24.5 Å². The number of rotatable bonds is 6. The van der Waals surface area contributed by atoms with Gasteiger partial charge in [0.25, 0.3) is 0 Å². The Kier molecular flexibility index (Phi) is 5.20. The third kappa shape index (κ3) is 4.03. The van der Waals surface area contributed by atoms with Crippen molar-refractivity contribution in [2.75, 3.05) is 13.1 Å². The van der Waals surface area contributed by atoms with Crippen LogP contribution in [0, 0.1) is 5.92 Å². The normalized spacial score (nSPS) is 17.2. The maximum absolute atomic E-state index is 12.8. The number of hydrogen-bond acceptors (Lipinski definition) is 5.